The van der Waals surface area contributed by atoms with Gasteiger partial charge in [0.15, 0.2) is 0 Å². The molecule has 0 aromatic heterocycles. The average molecular weight is 263 g/mol. The van der Waals surface area contributed by atoms with Crippen molar-refractivity contribution < 1.29 is 19.4 Å². The van der Waals surface area contributed by atoms with Crippen LogP contribution in [-0.4, -0.2) is 29.6 Å². The Morgan fingerprint density at radius 2 is 2.05 bits per heavy atom. The molecular weight excluding hydrogens is 246 g/mol. The van der Waals surface area contributed by atoms with E-state index in [1.54, 1.807) is 0 Å². The zero-order chi connectivity index (χ0) is 13.8. The lowest BCUT2D eigenvalue weighted by atomic mass is 10.3. The molecule has 0 heterocycles. The van der Waals surface area contributed by atoms with E-state index in [9.17, 15) is 9.59 Å². The highest BCUT2D eigenvalue weighted by Gasteiger charge is 2.48. The van der Waals surface area contributed by atoms with E-state index in [1.807, 2.05) is 37.3 Å². The lowest BCUT2D eigenvalue weighted by Crippen LogP contribution is -2.35. The van der Waals surface area contributed by atoms with Crippen LogP contribution in [0.15, 0.2) is 30.3 Å². The molecule has 1 fully saturated rings. The van der Waals surface area contributed by atoms with Crippen LogP contribution in [0.4, 0.5) is 0 Å². The summed E-state index contributed by atoms with van der Waals surface area (Å²) in [6, 6.07) is 9.35. The molecule has 0 saturated heterocycles. The van der Waals surface area contributed by atoms with Crippen molar-refractivity contribution in [2.75, 3.05) is 6.54 Å². The predicted octanol–water partition coefficient (Wildman–Crippen LogP) is 1.29. The maximum absolute atomic E-state index is 11.6. The van der Waals surface area contributed by atoms with Gasteiger partial charge >= 0.3 is 5.97 Å². The van der Waals surface area contributed by atoms with Crippen LogP contribution in [0.1, 0.15) is 13.3 Å². The highest BCUT2D eigenvalue weighted by molar-refractivity contribution is 5.89. The lowest BCUT2D eigenvalue weighted by Gasteiger charge is -2.15. The molecule has 1 saturated carbocycles. The third-order valence-electron chi connectivity index (χ3n) is 3.09. The first-order valence-electron chi connectivity index (χ1n) is 6.30. The van der Waals surface area contributed by atoms with Crippen molar-refractivity contribution in [3.63, 3.8) is 0 Å². The van der Waals surface area contributed by atoms with Crippen molar-refractivity contribution in [3.05, 3.63) is 30.3 Å². The minimum atomic E-state index is -0.895. The second kappa shape index (κ2) is 5.73. The van der Waals surface area contributed by atoms with Crippen LogP contribution in [0.3, 0.4) is 0 Å². The van der Waals surface area contributed by atoms with Crippen molar-refractivity contribution >= 4 is 11.9 Å². The van der Waals surface area contributed by atoms with Gasteiger partial charge in [0.1, 0.15) is 11.9 Å². The number of nitrogens with one attached hydrogen (secondary N) is 1. The van der Waals surface area contributed by atoms with E-state index in [0.717, 1.165) is 5.75 Å². The van der Waals surface area contributed by atoms with E-state index in [-0.39, 0.29) is 17.9 Å². The average Bonchev–Trinajstić information content (AvgIpc) is 3.17. The smallest absolute Gasteiger partial charge is 0.307 e. The zero-order valence-corrected chi connectivity index (χ0v) is 10.7. The number of amides is 1. The summed E-state index contributed by atoms with van der Waals surface area (Å²) in [5.74, 6) is -1.23. The summed E-state index contributed by atoms with van der Waals surface area (Å²) in [4.78, 5) is 22.3. The SMILES string of the molecule is C[C@H](CNC(=O)[C@H]1C[C@@H]1C(=O)O)Oc1ccccc1. The van der Waals surface area contributed by atoms with Gasteiger partial charge in [0.05, 0.1) is 18.4 Å². The first-order valence-corrected chi connectivity index (χ1v) is 6.30. The fourth-order valence-electron chi connectivity index (χ4n) is 1.91. The van der Waals surface area contributed by atoms with Gasteiger partial charge in [0.25, 0.3) is 0 Å². The minimum Gasteiger partial charge on any atom is -0.489 e. The Morgan fingerprint density at radius 1 is 1.37 bits per heavy atom. The summed E-state index contributed by atoms with van der Waals surface area (Å²) in [7, 11) is 0. The Balaban J connectivity index is 1.71. The number of carbonyl (C=O) groups excluding carboxylic acids is 1. The number of ether oxygens (including phenoxy) is 1. The van der Waals surface area contributed by atoms with Crippen molar-refractivity contribution in [2.24, 2.45) is 11.8 Å². The van der Waals surface area contributed by atoms with Crippen molar-refractivity contribution in [1.29, 1.82) is 0 Å². The fraction of sp³-hybridized carbons (Fsp3) is 0.429. The van der Waals surface area contributed by atoms with Crippen LogP contribution in [0.25, 0.3) is 0 Å². The maximum atomic E-state index is 11.6. The van der Waals surface area contributed by atoms with Crippen LogP contribution < -0.4 is 10.1 Å². The first kappa shape index (κ1) is 13.4. The van der Waals surface area contributed by atoms with Gasteiger partial charge in [-0.1, -0.05) is 18.2 Å². The molecule has 3 atom stereocenters. The largest absolute Gasteiger partial charge is 0.489 e. The molecule has 0 bridgehead atoms. The van der Waals surface area contributed by atoms with Crippen LogP contribution in [-0.2, 0) is 9.59 Å². The number of hydrogen-bond acceptors (Lipinski definition) is 3. The predicted molar refractivity (Wildman–Crippen MR) is 68.8 cm³/mol. The van der Waals surface area contributed by atoms with Crippen molar-refractivity contribution in [3.8, 4) is 5.75 Å². The molecule has 0 unspecified atom stereocenters. The van der Waals surface area contributed by atoms with Crippen LogP contribution in [0.2, 0.25) is 0 Å². The molecule has 2 rings (SSSR count). The number of hydrogen-bond donors (Lipinski definition) is 2. The topological polar surface area (TPSA) is 75.6 Å². The van der Waals surface area contributed by atoms with E-state index in [2.05, 4.69) is 5.32 Å². The number of para-hydroxylation sites is 1. The number of aliphatic carboxylic acids is 1. The van der Waals surface area contributed by atoms with Crippen LogP contribution in [0, 0.1) is 11.8 Å². The Hall–Kier alpha value is -2.04. The summed E-state index contributed by atoms with van der Waals surface area (Å²) < 4.78 is 5.61. The molecule has 0 aliphatic heterocycles. The molecule has 102 valence electrons. The van der Waals surface area contributed by atoms with Gasteiger partial charge in [-0.25, -0.2) is 0 Å². The van der Waals surface area contributed by atoms with E-state index in [0.29, 0.717) is 13.0 Å². The van der Waals surface area contributed by atoms with Gasteiger partial charge in [-0.3, -0.25) is 9.59 Å². The third-order valence-corrected chi connectivity index (χ3v) is 3.09. The molecular formula is C14H17NO4. The van der Waals surface area contributed by atoms with Crippen LogP contribution in [0.5, 0.6) is 5.75 Å². The number of carboxylic acids is 1. The molecule has 1 aliphatic rings. The van der Waals surface area contributed by atoms with Gasteiger partial charge in [0.2, 0.25) is 5.91 Å². The molecule has 0 spiro atoms. The molecule has 1 amide bonds. The minimum absolute atomic E-state index is 0.159. The summed E-state index contributed by atoms with van der Waals surface area (Å²) in [6.45, 7) is 2.23. The molecule has 0 radical (unpaired) electrons. The standard InChI is InChI=1S/C14H17NO4/c1-9(19-10-5-3-2-4-6-10)8-15-13(16)11-7-12(11)14(17)18/h2-6,9,11-12H,7-8H2,1H3,(H,15,16)(H,17,18)/t9-,11+,12+/m1/s1. The second-order valence-corrected chi connectivity index (χ2v) is 4.77. The second-order valence-electron chi connectivity index (χ2n) is 4.77. The van der Waals surface area contributed by atoms with Gasteiger partial charge in [-0.05, 0) is 25.5 Å². The summed E-state index contributed by atoms with van der Waals surface area (Å²) in [6.07, 6.45) is 0.281. The van der Waals surface area contributed by atoms with Crippen LogP contribution >= 0.6 is 0 Å². The Morgan fingerprint density at radius 3 is 2.63 bits per heavy atom. The normalized spacial score (nSPS) is 22.4. The zero-order valence-electron chi connectivity index (χ0n) is 10.7. The maximum Gasteiger partial charge on any atom is 0.307 e. The molecule has 5 heteroatoms. The van der Waals surface area contributed by atoms with E-state index < -0.39 is 11.9 Å². The fourth-order valence-corrected chi connectivity index (χ4v) is 1.91. The van der Waals surface area contributed by atoms with Gasteiger partial charge in [-0.2, -0.15) is 0 Å². The number of benzene rings is 1. The van der Waals surface area contributed by atoms with E-state index in [1.165, 1.54) is 0 Å². The highest BCUT2D eigenvalue weighted by atomic mass is 16.5. The molecule has 1 aliphatic carbocycles. The van der Waals surface area contributed by atoms with Crippen molar-refractivity contribution in [2.45, 2.75) is 19.4 Å². The Kier molecular flexibility index (Phi) is 4.04. The summed E-state index contributed by atoms with van der Waals surface area (Å²) >= 11 is 0. The van der Waals surface area contributed by atoms with E-state index in [4.69, 9.17) is 9.84 Å². The van der Waals surface area contributed by atoms with Gasteiger partial charge in [-0.15, -0.1) is 0 Å². The molecule has 19 heavy (non-hydrogen) atoms. The van der Waals surface area contributed by atoms with E-state index >= 15 is 0 Å². The number of rotatable bonds is 6. The monoisotopic (exact) mass is 263 g/mol. The Bertz CT molecular complexity index is 460. The lowest BCUT2D eigenvalue weighted by molar-refractivity contribution is -0.140. The van der Waals surface area contributed by atoms with Gasteiger partial charge < -0.3 is 15.2 Å². The summed E-state index contributed by atoms with van der Waals surface area (Å²) in [5, 5.41) is 11.5. The first-order chi connectivity index (χ1) is 9.08. The molecule has 1 aromatic rings. The highest BCUT2D eigenvalue weighted by Crippen LogP contribution is 2.38. The molecule has 5 nitrogen and oxygen atoms in total. The number of carbonyl (C=O) groups is 2. The summed E-state index contributed by atoms with van der Waals surface area (Å²) in [5.41, 5.74) is 0. The van der Waals surface area contributed by atoms with Crippen molar-refractivity contribution in [1.82, 2.24) is 5.32 Å². The number of carboxylic acid groups (broad SMARTS) is 1. The molecule has 1 aromatic carbocycles. The molecule has 2 N–H and O–H groups in total. The van der Waals surface area contributed by atoms with Gasteiger partial charge in [0, 0.05) is 0 Å². The third kappa shape index (κ3) is 3.71. The quantitative estimate of drug-likeness (QED) is 0.811. The Labute approximate surface area is 111 Å².